The molecule has 0 heterocycles. The van der Waals surface area contributed by atoms with Gasteiger partial charge in [-0.05, 0) is 44.1 Å². The predicted octanol–water partition coefficient (Wildman–Crippen LogP) is 3.20. The van der Waals surface area contributed by atoms with Crippen LogP contribution in [0.1, 0.15) is 52.9 Å². The Hall–Kier alpha value is -0.0400. The van der Waals surface area contributed by atoms with E-state index in [-0.39, 0.29) is 0 Å². The van der Waals surface area contributed by atoms with Gasteiger partial charge in [0.2, 0.25) is 0 Å². The highest BCUT2D eigenvalue weighted by molar-refractivity contribution is 4.80. The molecule has 1 N–H and O–H groups in total. The van der Waals surface area contributed by atoms with E-state index in [1.807, 2.05) is 0 Å². The van der Waals surface area contributed by atoms with Crippen LogP contribution in [0.3, 0.4) is 0 Å². The van der Waals surface area contributed by atoms with Crippen LogP contribution in [0.5, 0.6) is 0 Å². The Kier molecular flexibility index (Phi) is 3.78. The molecule has 13 heavy (non-hydrogen) atoms. The van der Waals surface area contributed by atoms with Gasteiger partial charge in [0, 0.05) is 6.04 Å². The predicted molar refractivity (Wildman–Crippen MR) is 58.9 cm³/mol. The molecule has 0 aromatic heterocycles. The molecule has 0 aliphatic heterocycles. The smallest absolute Gasteiger partial charge is 0.00641 e. The molecule has 1 aliphatic rings. The van der Waals surface area contributed by atoms with Crippen molar-refractivity contribution in [2.45, 2.75) is 58.9 Å². The normalized spacial score (nSPS) is 31.4. The largest absolute Gasteiger partial charge is 0.317 e. The zero-order chi connectivity index (χ0) is 9.90. The summed E-state index contributed by atoms with van der Waals surface area (Å²) in [6.07, 6.45) is 7.01. The lowest BCUT2D eigenvalue weighted by Gasteiger charge is -2.29. The molecule has 1 nitrogen and oxygen atoms in total. The molecule has 2 atom stereocenters. The Morgan fingerprint density at radius 1 is 1.00 bits per heavy atom. The van der Waals surface area contributed by atoms with Gasteiger partial charge in [-0.25, -0.2) is 0 Å². The van der Waals surface area contributed by atoms with Crippen LogP contribution in [0.25, 0.3) is 0 Å². The molecule has 2 unspecified atom stereocenters. The summed E-state index contributed by atoms with van der Waals surface area (Å²) in [7, 11) is 2.10. The number of hydrogen-bond acceptors (Lipinski definition) is 1. The van der Waals surface area contributed by atoms with Gasteiger partial charge in [0.1, 0.15) is 0 Å². The molecule has 0 spiro atoms. The molecule has 1 fully saturated rings. The van der Waals surface area contributed by atoms with Gasteiger partial charge in [-0.3, -0.25) is 0 Å². The van der Waals surface area contributed by atoms with Crippen molar-refractivity contribution in [2.75, 3.05) is 7.05 Å². The van der Waals surface area contributed by atoms with Crippen molar-refractivity contribution < 1.29 is 0 Å². The Morgan fingerprint density at radius 2 is 1.69 bits per heavy atom. The molecule has 0 saturated heterocycles. The first-order valence-electron chi connectivity index (χ1n) is 5.71. The van der Waals surface area contributed by atoms with Crippen LogP contribution in [0.15, 0.2) is 0 Å². The van der Waals surface area contributed by atoms with Crippen LogP contribution >= 0.6 is 0 Å². The molecule has 1 saturated carbocycles. The second-order valence-electron chi connectivity index (χ2n) is 5.56. The van der Waals surface area contributed by atoms with E-state index >= 15 is 0 Å². The Morgan fingerprint density at radius 3 is 2.23 bits per heavy atom. The van der Waals surface area contributed by atoms with Crippen molar-refractivity contribution in [1.29, 1.82) is 0 Å². The molecule has 1 rings (SSSR count). The van der Waals surface area contributed by atoms with Crippen LogP contribution in [0, 0.1) is 11.3 Å². The second kappa shape index (κ2) is 4.45. The summed E-state index contributed by atoms with van der Waals surface area (Å²) in [6, 6.07) is 0.785. The fraction of sp³-hybridized carbons (Fsp3) is 1.00. The minimum Gasteiger partial charge on any atom is -0.317 e. The molecule has 78 valence electrons. The van der Waals surface area contributed by atoms with Crippen LogP contribution in [0.2, 0.25) is 0 Å². The molecule has 0 amide bonds. The van der Waals surface area contributed by atoms with E-state index in [2.05, 4.69) is 33.1 Å². The third-order valence-corrected chi connectivity index (χ3v) is 3.60. The van der Waals surface area contributed by atoms with Crippen molar-refractivity contribution in [3.63, 3.8) is 0 Å². The maximum atomic E-state index is 3.42. The van der Waals surface area contributed by atoms with Crippen molar-refractivity contribution in [2.24, 2.45) is 11.3 Å². The summed E-state index contributed by atoms with van der Waals surface area (Å²) < 4.78 is 0. The minimum atomic E-state index is 0.516. The first-order valence-corrected chi connectivity index (χ1v) is 5.71. The lowest BCUT2D eigenvalue weighted by molar-refractivity contribution is 0.214. The summed E-state index contributed by atoms with van der Waals surface area (Å²) in [4.78, 5) is 0. The summed E-state index contributed by atoms with van der Waals surface area (Å²) in [5, 5.41) is 3.42. The highest BCUT2D eigenvalue weighted by Gasteiger charge is 2.27. The van der Waals surface area contributed by atoms with E-state index < -0.39 is 0 Å². The van der Waals surface area contributed by atoms with E-state index in [0.29, 0.717) is 5.41 Å². The summed E-state index contributed by atoms with van der Waals surface area (Å²) in [5.74, 6) is 0.936. The summed E-state index contributed by atoms with van der Waals surface area (Å²) in [6.45, 7) is 7.16. The lowest BCUT2D eigenvalue weighted by Crippen LogP contribution is -2.25. The molecular weight excluding hydrogens is 158 g/mol. The van der Waals surface area contributed by atoms with Crippen molar-refractivity contribution in [3.8, 4) is 0 Å². The van der Waals surface area contributed by atoms with Gasteiger partial charge in [-0.2, -0.15) is 0 Å². The van der Waals surface area contributed by atoms with Gasteiger partial charge >= 0.3 is 0 Å². The third-order valence-electron chi connectivity index (χ3n) is 3.60. The van der Waals surface area contributed by atoms with Crippen LogP contribution in [-0.2, 0) is 0 Å². The SMILES string of the molecule is CNC1CCCC(C(C)(C)C)CC1. The average molecular weight is 183 g/mol. The monoisotopic (exact) mass is 183 g/mol. The number of rotatable bonds is 1. The zero-order valence-electron chi connectivity index (χ0n) is 9.69. The van der Waals surface area contributed by atoms with Gasteiger partial charge in [0.15, 0.2) is 0 Å². The first-order chi connectivity index (χ1) is 6.04. The minimum absolute atomic E-state index is 0.516. The van der Waals surface area contributed by atoms with Crippen LogP contribution < -0.4 is 5.32 Å². The molecular formula is C12H25N. The molecule has 0 aromatic rings. The summed E-state index contributed by atoms with van der Waals surface area (Å²) >= 11 is 0. The average Bonchev–Trinajstić information content (AvgIpc) is 2.26. The topological polar surface area (TPSA) is 12.0 Å². The van der Waals surface area contributed by atoms with E-state index in [0.717, 1.165) is 12.0 Å². The van der Waals surface area contributed by atoms with Crippen molar-refractivity contribution >= 4 is 0 Å². The van der Waals surface area contributed by atoms with Gasteiger partial charge in [0.05, 0.1) is 0 Å². The van der Waals surface area contributed by atoms with Crippen LogP contribution in [-0.4, -0.2) is 13.1 Å². The Labute approximate surface area is 83.3 Å². The fourth-order valence-corrected chi connectivity index (χ4v) is 2.46. The summed E-state index contributed by atoms with van der Waals surface area (Å²) in [5.41, 5.74) is 0.516. The van der Waals surface area contributed by atoms with Gasteiger partial charge in [-0.15, -0.1) is 0 Å². The quantitative estimate of drug-likeness (QED) is 0.616. The van der Waals surface area contributed by atoms with Gasteiger partial charge in [-0.1, -0.05) is 27.2 Å². The maximum Gasteiger partial charge on any atom is 0.00641 e. The van der Waals surface area contributed by atoms with E-state index in [1.54, 1.807) is 0 Å². The zero-order valence-corrected chi connectivity index (χ0v) is 9.69. The van der Waals surface area contributed by atoms with E-state index in [1.165, 1.54) is 32.1 Å². The molecule has 0 radical (unpaired) electrons. The van der Waals surface area contributed by atoms with Gasteiger partial charge in [0.25, 0.3) is 0 Å². The first kappa shape index (κ1) is 11.0. The molecule has 1 aliphatic carbocycles. The molecule has 1 heteroatoms. The lowest BCUT2D eigenvalue weighted by atomic mass is 9.76. The molecule has 0 bridgehead atoms. The van der Waals surface area contributed by atoms with Gasteiger partial charge < -0.3 is 5.32 Å². The standard InChI is InChI=1S/C12H25N/c1-12(2,3)10-6-5-7-11(13-4)9-8-10/h10-11,13H,5-9H2,1-4H3. The van der Waals surface area contributed by atoms with E-state index in [9.17, 15) is 0 Å². The third kappa shape index (κ3) is 3.30. The molecule has 0 aromatic carbocycles. The Bertz CT molecular complexity index is 146. The Balaban J connectivity index is 2.45. The van der Waals surface area contributed by atoms with Crippen molar-refractivity contribution in [1.82, 2.24) is 5.32 Å². The number of hydrogen-bond donors (Lipinski definition) is 1. The van der Waals surface area contributed by atoms with E-state index in [4.69, 9.17) is 0 Å². The van der Waals surface area contributed by atoms with Crippen LogP contribution in [0.4, 0.5) is 0 Å². The fourth-order valence-electron chi connectivity index (χ4n) is 2.46. The maximum absolute atomic E-state index is 3.42. The number of nitrogens with one attached hydrogen (secondary N) is 1. The highest BCUT2D eigenvalue weighted by atomic mass is 14.9. The highest BCUT2D eigenvalue weighted by Crippen LogP contribution is 2.36. The van der Waals surface area contributed by atoms with Crippen molar-refractivity contribution in [3.05, 3.63) is 0 Å². The second-order valence-corrected chi connectivity index (χ2v) is 5.56.